The molecule has 6 heteroatoms. The van der Waals surface area contributed by atoms with Crippen molar-refractivity contribution in [2.24, 2.45) is 23.7 Å². The highest BCUT2D eigenvalue weighted by Crippen LogP contribution is 2.44. The summed E-state index contributed by atoms with van der Waals surface area (Å²) in [5.41, 5.74) is 1.93. The molecule has 0 saturated heterocycles. The van der Waals surface area contributed by atoms with Gasteiger partial charge in [-0.25, -0.2) is 14.0 Å². The maximum Gasteiger partial charge on any atom is 0.336 e. The Labute approximate surface area is 259 Å². The number of benzene rings is 1. The number of aryl methyl sites for hydroxylation is 1. The Morgan fingerprint density at radius 2 is 1.56 bits per heavy atom. The van der Waals surface area contributed by atoms with E-state index >= 15 is 4.39 Å². The number of hydrogen-bond acceptors (Lipinski definition) is 5. The maximum absolute atomic E-state index is 15.3. The molecule has 0 amide bonds. The van der Waals surface area contributed by atoms with Crippen LogP contribution >= 0.6 is 0 Å². The lowest BCUT2D eigenvalue weighted by Gasteiger charge is -2.38. The molecule has 2 saturated carbocycles. The molecule has 0 radical (unpaired) electrons. The van der Waals surface area contributed by atoms with Crippen LogP contribution in [0.1, 0.15) is 121 Å². The lowest BCUT2D eigenvalue weighted by Crippen LogP contribution is -2.25. The molecule has 5 nitrogen and oxygen atoms in total. The van der Waals surface area contributed by atoms with E-state index < -0.39 is 18.0 Å². The Morgan fingerprint density at radius 1 is 0.953 bits per heavy atom. The zero-order valence-electron chi connectivity index (χ0n) is 26.9. The van der Waals surface area contributed by atoms with E-state index in [9.17, 15) is 14.7 Å². The van der Waals surface area contributed by atoms with Crippen molar-refractivity contribution in [2.75, 3.05) is 13.2 Å². The van der Waals surface area contributed by atoms with E-state index in [1.165, 1.54) is 71.1 Å². The van der Waals surface area contributed by atoms with Gasteiger partial charge in [0.25, 0.3) is 0 Å². The molecular weight excluding hydrogens is 543 g/mol. The normalized spacial score (nSPS) is 23.7. The molecule has 1 aromatic rings. The summed E-state index contributed by atoms with van der Waals surface area (Å²) in [7, 11) is 0. The molecule has 43 heavy (non-hydrogen) atoms. The topological polar surface area (TPSA) is 72.8 Å². The van der Waals surface area contributed by atoms with Crippen molar-refractivity contribution in [3.05, 3.63) is 59.4 Å². The van der Waals surface area contributed by atoms with Gasteiger partial charge in [0, 0.05) is 11.5 Å². The smallest absolute Gasteiger partial charge is 0.336 e. The molecule has 2 aliphatic carbocycles. The predicted molar refractivity (Wildman–Crippen MR) is 170 cm³/mol. The van der Waals surface area contributed by atoms with Gasteiger partial charge in [0.05, 0.1) is 24.9 Å². The second-order valence-electron chi connectivity index (χ2n) is 13.3. The maximum atomic E-state index is 15.3. The number of rotatable bonds is 16. The molecule has 2 aliphatic rings. The van der Waals surface area contributed by atoms with Crippen molar-refractivity contribution < 1.29 is 28.6 Å². The largest absolute Gasteiger partial charge is 0.462 e. The second-order valence-corrected chi connectivity index (χ2v) is 13.3. The third-order valence-electron chi connectivity index (χ3n) is 9.93. The van der Waals surface area contributed by atoms with Crippen LogP contribution < -0.4 is 0 Å². The molecule has 0 aliphatic heterocycles. The van der Waals surface area contributed by atoms with E-state index in [-0.39, 0.29) is 36.1 Å². The molecule has 0 heterocycles. The van der Waals surface area contributed by atoms with Gasteiger partial charge >= 0.3 is 11.9 Å². The van der Waals surface area contributed by atoms with Gasteiger partial charge in [0.2, 0.25) is 0 Å². The fourth-order valence-electron chi connectivity index (χ4n) is 6.92. The molecule has 3 rings (SSSR count). The minimum absolute atomic E-state index is 0.0174. The highest BCUT2D eigenvalue weighted by molar-refractivity contribution is 5.88. The first-order valence-corrected chi connectivity index (χ1v) is 16.7. The molecule has 240 valence electrons. The molecular formula is C37H55FO5. The molecule has 0 spiro atoms. The monoisotopic (exact) mass is 598 g/mol. The van der Waals surface area contributed by atoms with Gasteiger partial charge in [-0.1, -0.05) is 70.7 Å². The van der Waals surface area contributed by atoms with Crippen LogP contribution in [0.25, 0.3) is 0 Å². The Morgan fingerprint density at radius 3 is 2.12 bits per heavy atom. The van der Waals surface area contributed by atoms with E-state index in [0.29, 0.717) is 24.3 Å². The summed E-state index contributed by atoms with van der Waals surface area (Å²) in [6.07, 6.45) is 15.8. The summed E-state index contributed by atoms with van der Waals surface area (Å²) in [5.74, 6) is 1.31. The fraction of sp³-hybridized carbons (Fsp3) is 0.676. The van der Waals surface area contributed by atoms with Crippen LogP contribution in [0.15, 0.2) is 42.5 Å². The van der Waals surface area contributed by atoms with Crippen molar-refractivity contribution in [3.63, 3.8) is 0 Å². The van der Waals surface area contributed by atoms with Crippen LogP contribution in [0.5, 0.6) is 0 Å². The SMILES string of the molecule is C=C(C)C(=O)OCC(CCc1ccc(C2CCC(C3CCC(CCCCC)CC3)CC2)cc1F)COC(=O)C(=C)C(C)O. The number of halogens is 1. The van der Waals surface area contributed by atoms with E-state index in [4.69, 9.17) is 9.47 Å². The first-order chi connectivity index (χ1) is 20.6. The molecule has 0 aromatic heterocycles. The highest BCUT2D eigenvalue weighted by Gasteiger charge is 2.31. The number of carbonyl (C=O) groups excluding carboxylic acids is 2. The van der Waals surface area contributed by atoms with Crippen molar-refractivity contribution in [1.82, 2.24) is 0 Å². The molecule has 2 atom stereocenters. The number of ether oxygens (including phenoxy) is 2. The third-order valence-corrected chi connectivity index (χ3v) is 9.93. The van der Waals surface area contributed by atoms with Crippen molar-refractivity contribution in [1.29, 1.82) is 0 Å². The zero-order valence-corrected chi connectivity index (χ0v) is 26.9. The number of esters is 2. The Bertz CT molecular complexity index is 1060. The van der Waals surface area contributed by atoms with Gasteiger partial charge < -0.3 is 14.6 Å². The minimum Gasteiger partial charge on any atom is -0.462 e. The molecule has 1 aromatic carbocycles. The quantitative estimate of drug-likeness (QED) is 0.117. The van der Waals surface area contributed by atoms with Gasteiger partial charge in [-0.05, 0) is 106 Å². The van der Waals surface area contributed by atoms with Crippen LogP contribution in [0.4, 0.5) is 4.39 Å². The van der Waals surface area contributed by atoms with E-state index in [1.54, 1.807) is 13.0 Å². The average Bonchev–Trinajstić information content (AvgIpc) is 3.00. The fourth-order valence-corrected chi connectivity index (χ4v) is 6.92. The van der Waals surface area contributed by atoms with Gasteiger partial charge in [0.1, 0.15) is 5.82 Å². The third kappa shape index (κ3) is 11.2. The number of unbranched alkanes of at least 4 members (excludes halogenated alkanes) is 2. The van der Waals surface area contributed by atoms with Crippen molar-refractivity contribution >= 4 is 11.9 Å². The Hall–Kier alpha value is -2.47. The van der Waals surface area contributed by atoms with Crippen molar-refractivity contribution in [2.45, 2.75) is 123 Å². The Balaban J connectivity index is 1.49. The van der Waals surface area contributed by atoms with Gasteiger partial charge in [-0.2, -0.15) is 0 Å². The van der Waals surface area contributed by atoms with Gasteiger partial charge in [-0.3, -0.25) is 0 Å². The summed E-state index contributed by atoms with van der Waals surface area (Å²) in [5, 5.41) is 9.58. The summed E-state index contributed by atoms with van der Waals surface area (Å²) >= 11 is 0. The predicted octanol–water partition coefficient (Wildman–Crippen LogP) is 8.63. The number of carbonyl (C=O) groups is 2. The molecule has 1 N–H and O–H groups in total. The zero-order chi connectivity index (χ0) is 31.4. The first kappa shape index (κ1) is 35.0. The average molecular weight is 599 g/mol. The summed E-state index contributed by atoms with van der Waals surface area (Å²) < 4.78 is 25.9. The first-order valence-electron chi connectivity index (χ1n) is 16.7. The van der Waals surface area contributed by atoms with Gasteiger partial charge in [-0.15, -0.1) is 0 Å². The van der Waals surface area contributed by atoms with E-state index in [0.717, 1.165) is 36.2 Å². The van der Waals surface area contributed by atoms with Crippen LogP contribution in [0, 0.1) is 29.5 Å². The lowest BCUT2D eigenvalue weighted by molar-refractivity contribution is -0.144. The number of aliphatic hydroxyl groups is 1. The molecule has 2 fully saturated rings. The van der Waals surface area contributed by atoms with E-state index in [2.05, 4.69) is 26.1 Å². The standard InChI is InChI=1S/C37H55FO5/c1-6-7-8-9-28-10-13-30(14-11-28)31-16-18-32(19-17-31)34-21-20-33(35(38)22-34)15-12-29(23-42-36(40)25(2)3)24-43-37(41)26(4)27(5)39/h20-22,27-32,39H,2,4,6-19,23-24H2,1,3,5H3. The molecule has 0 bridgehead atoms. The summed E-state index contributed by atoms with van der Waals surface area (Å²) in [6, 6.07) is 5.67. The van der Waals surface area contributed by atoms with Gasteiger partial charge in [0.15, 0.2) is 0 Å². The van der Waals surface area contributed by atoms with Crippen LogP contribution in [0.3, 0.4) is 0 Å². The summed E-state index contributed by atoms with van der Waals surface area (Å²) in [6.45, 7) is 12.4. The molecule has 2 unspecified atom stereocenters. The van der Waals surface area contributed by atoms with Crippen molar-refractivity contribution in [3.8, 4) is 0 Å². The van der Waals surface area contributed by atoms with E-state index in [1.807, 2.05) is 6.07 Å². The van der Waals surface area contributed by atoms with Crippen LogP contribution in [-0.4, -0.2) is 36.4 Å². The van der Waals surface area contributed by atoms with Crippen LogP contribution in [-0.2, 0) is 25.5 Å². The minimum atomic E-state index is -1.02. The Kier molecular flexibility index (Phi) is 14.4. The van der Waals surface area contributed by atoms with Crippen LogP contribution in [0.2, 0.25) is 0 Å². The lowest BCUT2D eigenvalue weighted by atomic mass is 9.68. The number of aliphatic hydroxyl groups excluding tert-OH is 1. The summed E-state index contributed by atoms with van der Waals surface area (Å²) in [4.78, 5) is 24.1. The highest BCUT2D eigenvalue weighted by atomic mass is 19.1. The second kappa shape index (κ2) is 17.7. The number of hydrogen-bond donors (Lipinski definition) is 1.